The zero-order chi connectivity index (χ0) is 15.2. The predicted molar refractivity (Wildman–Crippen MR) is 79.1 cm³/mol. The zero-order valence-electron chi connectivity index (χ0n) is 12.2. The normalized spacial score (nSPS) is 15.0. The van der Waals surface area contributed by atoms with Crippen LogP contribution in [0.2, 0.25) is 0 Å². The van der Waals surface area contributed by atoms with Crippen LogP contribution in [-0.4, -0.2) is 52.7 Å². The Labute approximate surface area is 128 Å². The maximum Gasteiger partial charge on any atom is 0.325 e. The number of hydrogen-bond acceptors (Lipinski definition) is 6. The fraction of sp³-hybridized carbons (Fsp3) is 0.571. The summed E-state index contributed by atoms with van der Waals surface area (Å²) in [6.07, 6.45) is 7.41. The SMILES string of the molecule is COC(=O)CN(C(=O)c1nccc(SC)n1)C1CCCC1. The maximum atomic E-state index is 12.6. The molecule has 2 rings (SSSR count). The molecule has 6 nitrogen and oxygen atoms in total. The van der Waals surface area contributed by atoms with Crippen LogP contribution >= 0.6 is 11.8 Å². The number of thioether (sulfide) groups is 1. The highest BCUT2D eigenvalue weighted by Gasteiger charge is 2.30. The van der Waals surface area contributed by atoms with Crippen molar-refractivity contribution in [2.24, 2.45) is 0 Å². The lowest BCUT2D eigenvalue weighted by Crippen LogP contribution is -2.43. The molecule has 7 heteroatoms. The van der Waals surface area contributed by atoms with Gasteiger partial charge in [0.25, 0.3) is 5.91 Å². The average Bonchev–Trinajstić information content (AvgIpc) is 3.05. The molecule has 0 bridgehead atoms. The minimum absolute atomic E-state index is 0.0488. The molecule has 1 amide bonds. The highest BCUT2D eigenvalue weighted by Crippen LogP contribution is 2.24. The Morgan fingerprint density at radius 3 is 2.76 bits per heavy atom. The Kier molecular flexibility index (Phi) is 5.55. The molecule has 1 saturated carbocycles. The highest BCUT2D eigenvalue weighted by atomic mass is 32.2. The van der Waals surface area contributed by atoms with E-state index in [2.05, 4.69) is 9.97 Å². The Balaban J connectivity index is 2.21. The summed E-state index contributed by atoms with van der Waals surface area (Å²) in [5.41, 5.74) is 0. The summed E-state index contributed by atoms with van der Waals surface area (Å²) >= 11 is 1.45. The van der Waals surface area contributed by atoms with Gasteiger partial charge in [-0.05, 0) is 25.2 Å². The first kappa shape index (κ1) is 15.8. The van der Waals surface area contributed by atoms with Crippen LogP contribution in [0.25, 0.3) is 0 Å². The molecule has 0 saturated heterocycles. The second-order valence-corrected chi connectivity index (χ2v) is 5.70. The van der Waals surface area contributed by atoms with Gasteiger partial charge in [0, 0.05) is 12.2 Å². The number of rotatable bonds is 5. The van der Waals surface area contributed by atoms with Crippen molar-refractivity contribution in [3.8, 4) is 0 Å². The van der Waals surface area contributed by atoms with E-state index in [0.29, 0.717) is 0 Å². The topological polar surface area (TPSA) is 72.4 Å². The van der Waals surface area contributed by atoms with Crippen molar-refractivity contribution in [2.75, 3.05) is 19.9 Å². The molecular formula is C14H19N3O3S. The lowest BCUT2D eigenvalue weighted by Gasteiger charge is -2.27. The van der Waals surface area contributed by atoms with E-state index in [9.17, 15) is 9.59 Å². The van der Waals surface area contributed by atoms with E-state index in [1.807, 2.05) is 6.26 Å². The van der Waals surface area contributed by atoms with E-state index in [1.54, 1.807) is 17.2 Å². The van der Waals surface area contributed by atoms with E-state index >= 15 is 0 Å². The number of aromatic nitrogens is 2. The lowest BCUT2D eigenvalue weighted by atomic mass is 10.2. The summed E-state index contributed by atoms with van der Waals surface area (Å²) in [7, 11) is 1.32. The Hall–Kier alpha value is -1.63. The fourth-order valence-electron chi connectivity index (χ4n) is 2.47. The first-order chi connectivity index (χ1) is 10.2. The number of carbonyl (C=O) groups excluding carboxylic acids is 2. The van der Waals surface area contributed by atoms with Crippen LogP contribution in [0.3, 0.4) is 0 Å². The summed E-state index contributed by atoms with van der Waals surface area (Å²) in [5.74, 6) is -0.586. The van der Waals surface area contributed by atoms with Crippen LogP contribution in [0.1, 0.15) is 36.3 Å². The molecule has 1 fully saturated rings. The highest BCUT2D eigenvalue weighted by molar-refractivity contribution is 7.98. The van der Waals surface area contributed by atoms with Gasteiger partial charge in [0.1, 0.15) is 6.54 Å². The van der Waals surface area contributed by atoms with Crippen molar-refractivity contribution in [2.45, 2.75) is 36.8 Å². The molecule has 1 aliphatic rings. The number of ether oxygens (including phenoxy) is 1. The Morgan fingerprint density at radius 2 is 2.14 bits per heavy atom. The average molecular weight is 309 g/mol. The molecule has 0 aliphatic heterocycles. The minimum Gasteiger partial charge on any atom is -0.468 e. The van der Waals surface area contributed by atoms with Crippen molar-refractivity contribution < 1.29 is 14.3 Å². The molecule has 0 spiro atoms. The van der Waals surface area contributed by atoms with Crippen molar-refractivity contribution >= 4 is 23.6 Å². The third kappa shape index (κ3) is 3.93. The standard InChI is InChI=1S/C14H19N3O3S/c1-20-12(18)9-17(10-5-3-4-6-10)14(19)13-15-8-7-11(16-13)21-2/h7-8,10H,3-6,9H2,1-2H3. The third-order valence-corrected chi connectivity index (χ3v) is 4.23. The van der Waals surface area contributed by atoms with Crippen LogP contribution in [0.15, 0.2) is 17.3 Å². The second kappa shape index (κ2) is 7.40. The van der Waals surface area contributed by atoms with E-state index < -0.39 is 5.97 Å². The number of nitrogens with zero attached hydrogens (tertiary/aromatic N) is 3. The van der Waals surface area contributed by atoms with Gasteiger partial charge in [0.15, 0.2) is 0 Å². The van der Waals surface area contributed by atoms with Crippen LogP contribution in [0, 0.1) is 0 Å². The van der Waals surface area contributed by atoms with Gasteiger partial charge in [0.2, 0.25) is 5.82 Å². The molecule has 0 aromatic carbocycles. The van der Waals surface area contributed by atoms with E-state index in [4.69, 9.17) is 4.74 Å². The molecule has 114 valence electrons. The molecule has 0 unspecified atom stereocenters. The maximum absolute atomic E-state index is 12.6. The number of carbonyl (C=O) groups is 2. The molecule has 1 heterocycles. The third-order valence-electron chi connectivity index (χ3n) is 3.58. The van der Waals surface area contributed by atoms with Crippen molar-refractivity contribution in [1.82, 2.24) is 14.9 Å². The van der Waals surface area contributed by atoms with E-state index in [1.165, 1.54) is 18.9 Å². The Morgan fingerprint density at radius 1 is 1.43 bits per heavy atom. The van der Waals surface area contributed by atoms with Gasteiger partial charge >= 0.3 is 5.97 Å². The molecule has 21 heavy (non-hydrogen) atoms. The van der Waals surface area contributed by atoms with Gasteiger partial charge in [0.05, 0.1) is 12.1 Å². The molecule has 0 radical (unpaired) electrons. The summed E-state index contributed by atoms with van der Waals surface area (Å²) in [5, 5.41) is 0.734. The quantitative estimate of drug-likeness (QED) is 0.469. The van der Waals surface area contributed by atoms with Crippen molar-refractivity contribution in [3.63, 3.8) is 0 Å². The minimum atomic E-state index is -0.420. The van der Waals surface area contributed by atoms with E-state index in [0.717, 1.165) is 30.7 Å². The van der Waals surface area contributed by atoms with Crippen LogP contribution in [0.4, 0.5) is 0 Å². The Bertz CT molecular complexity index is 518. The predicted octanol–water partition coefficient (Wildman–Crippen LogP) is 1.76. The number of hydrogen-bond donors (Lipinski definition) is 0. The second-order valence-electron chi connectivity index (χ2n) is 4.87. The smallest absolute Gasteiger partial charge is 0.325 e. The van der Waals surface area contributed by atoms with Gasteiger partial charge in [-0.15, -0.1) is 11.8 Å². The molecule has 0 atom stereocenters. The van der Waals surface area contributed by atoms with Crippen molar-refractivity contribution in [3.05, 3.63) is 18.1 Å². The zero-order valence-corrected chi connectivity index (χ0v) is 13.1. The molecular weight excluding hydrogens is 290 g/mol. The first-order valence-corrected chi connectivity index (χ1v) is 8.13. The van der Waals surface area contributed by atoms with Gasteiger partial charge in [-0.3, -0.25) is 9.59 Å². The van der Waals surface area contributed by atoms with Crippen LogP contribution in [0.5, 0.6) is 0 Å². The number of esters is 1. The summed E-state index contributed by atoms with van der Waals surface area (Å²) < 4.78 is 4.69. The van der Waals surface area contributed by atoms with E-state index in [-0.39, 0.29) is 24.3 Å². The first-order valence-electron chi connectivity index (χ1n) is 6.90. The van der Waals surface area contributed by atoms with Crippen LogP contribution in [-0.2, 0) is 9.53 Å². The van der Waals surface area contributed by atoms with Gasteiger partial charge in [-0.2, -0.15) is 0 Å². The van der Waals surface area contributed by atoms with Gasteiger partial charge < -0.3 is 9.64 Å². The number of amides is 1. The molecule has 1 aromatic rings. The van der Waals surface area contributed by atoms with Crippen LogP contribution < -0.4 is 0 Å². The van der Waals surface area contributed by atoms with Gasteiger partial charge in [-0.1, -0.05) is 12.8 Å². The monoisotopic (exact) mass is 309 g/mol. The largest absolute Gasteiger partial charge is 0.468 e. The summed E-state index contributed by atoms with van der Waals surface area (Å²) in [6, 6.07) is 1.82. The summed E-state index contributed by atoms with van der Waals surface area (Å²) in [6.45, 7) is -0.0488. The number of methoxy groups -OCH3 is 1. The molecule has 1 aromatic heterocycles. The lowest BCUT2D eigenvalue weighted by molar-refractivity contribution is -0.141. The fourth-order valence-corrected chi connectivity index (χ4v) is 2.85. The molecule has 1 aliphatic carbocycles. The van der Waals surface area contributed by atoms with Crippen molar-refractivity contribution in [1.29, 1.82) is 0 Å². The van der Waals surface area contributed by atoms with Gasteiger partial charge in [-0.25, -0.2) is 9.97 Å². The molecule has 0 N–H and O–H groups in total. The summed E-state index contributed by atoms with van der Waals surface area (Å²) in [4.78, 5) is 34.0.